The zero-order chi connectivity index (χ0) is 14.8. The van der Waals surface area contributed by atoms with Gasteiger partial charge in [-0.2, -0.15) is 0 Å². The van der Waals surface area contributed by atoms with E-state index in [0.29, 0.717) is 6.54 Å². The van der Waals surface area contributed by atoms with Crippen LogP contribution >= 0.6 is 11.3 Å². The van der Waals surface area contributed by atoms with Crippen molar-refractivity contribution in [1.82, 2.24) is 5.32 Å². The average molecular weight is 293 g/mol. The van der Waals surface area contributed by atoms with Crippen LogP contribution in [-0.4, -0.2) is 17.6 Å². The Morgan fingerprint density at radius 1 is 1.40 bits per heavy atom. The van der Waals surface area contributed by atoms with Gasteiger partial charge in [0.15, 0.2) is 0 Å². The fraction of sp³-hybridized carbons (Fsp3) is 0.267. The fourth-order valence-corrected chi connectivity index (χ4v) is 2.69. The van der Waals surface area contributed by atoms with E-state index in [0.717, 1.165) is 10.9 Å². The van der Waals surface area contributed by atoms with Gasteiger partial charge in [-0.1, -0.05) is 19.9 Å². The number of nitrogens with one attached hydrogen (secondary N) is 1. The minimum Gasteiger partial charge on any atom is -0.508 e. The molecule has 0 aliphatic heterocycles. The molecule has 0 radical (unpaired) electrons. The summed E-state index contributed by atoms with van der Waals surface area (Å²) in [5.74, 6) is -1.40. The van der Waals surface area contributed by atoms with Crippen LogP contribution in [0.1, 0.15) is 29.1 Å². The maximum Gasteiger partial charge on any atom is 0.254 e. The Labute approximate surface area is 121 Å². The van der Waals surface area contributed by atoms with E-state index in [4.69, 9.17) is 5.11 Å². The summed E-state index contributed by atoms with van der Waals surface area (Å²) in [4.78, 5) is 13.1. The van der Waals surface area contributed by atoms with Gasteiger partial charge in [0.05, 0.1) is 5.56 Å². The van der Waals surface area contributed by atoms with E-state index in [1.807, 2.05) is 31.4 Å². The summed E-state index contributed by atoms with van der Waals surface area (Å²) in [7, 11) is 0. The number of phenols is 1. The number of phenolic OH excluding ortho intramolecular Hbond substituents is 1. The van der Waals surface area contributed by atoms with Gasteiger partial charge < -0.3 is 10.4 Å². The number of amides is 1. The van der Waals surface area contributed by atoms with Crippen molar-refractivity contribution in [2.24, 2.45) is 0 Å². The Bertz CT molecular complexity index is 608. The normalized spacial score (nSPS) is 11.3. The van der Waals surface area contributed by atoms with Crippen LogP contribution in [0, 0.1) is 5.82 Å². The van der Waals surface area contributed by atoms with Crippen molar-refractivity contribution in [2.45, 2.75) is 19.3 Å². The molecule has 1 aromatic carbocycles. The largest absolute Gasteiger partial charge is 0.508 e. The lowest BCUT2D eigenvalue weighted by molar-refractivity contribution is 0.0942. The van der Waals surface area contributed by atoms with Crippen molar-refractivity contribution in [1.29, 1.82) is 0 Å². The van der Waals surface area contributed by atoms with Gasteiger partial charge in [0, 0.05) is 22.9 Å². The third kappa shape index (κ3) is 3.17. The third-order valence-corrected chi connectivity index (χ3v) is 4.31. The molecule has 0 unspecified atom stereocenters. The zero-order valence-corrected chi connectivity index (χ0v) is 12.1. The molecule has 1 heterocycles. The second-order valence-corrected chi connectivity index (χ2v) is 6.16. The van der Waals surface area contributed by atoms with Crippen LogP contribution in [0.2, 0.25) is 0 Å². The highest BCUT2D eigenvalue weighted by Gasteiger charge is 2.23. The van der Waals surface area contributed by atoms with Crippen LogP contribution in [-0.2, 0) is 5.41 Å². The van der Waals surface area contributed by atoms with Crippen LogP contribution in [0.5, 0.6) is 5.75 Å². The molecule has 0 saturated heterocycles. The molecule has 20 heavy (non-hydrogen) atoms. The second-order valence-electron chi connectivity index (χ2n) is 5.21. The lowest BCUT2D eigenvalue weighted by atomic mass is 9.91. The Kier molecular flexibility index (Phi) is 4.09. The molecule has 2 aromatic rings. The molecule has 1 aromatic heterocycles. The van der Waals surface area contributed by atoms with Gasteiger partial charge in [0.2, 0.25) is 0 Å². The topological polar surface area (TPSA) is 49.3 Å². The zero-order valence-electron chi connectivity index (χ0n) is 11.3. The number of carbonyl (C=O) groups excluding carboxylic acids is 1. The molecule has 2 rings (SSSR count). The molecule has 0 spiro atoms. The van der Waals surface area contributed by atoms with Gasteiger partial charge in [-0.05, 0) is 23.6 Å². The summed E-state index contributed by atoms with van der Waals surface area (Å²) in [5, 5.41) is 13.9. The van der Waals surface area contributed by atoms with E-state index < -0.39 is 11.7 Å². The number of halogens is 1. The van der Waals surface area contributed by atoms with E-state index in [9.17, 15) is 9.18 Å². The third-order valence-electron chi connectivity index (χ3n) is 3.08. The molecule has 0 bridgehead atoms. The number of benzene rings is 1. The van der Waals surface area contributed by atoms with E-state index >= 15 is 0 Å². The first-order valence-electron chi connectivity index (χ1n) is 6.21. The maximum absolute atomic E-state index is 13.6. The highest BCUT2D eigenvalue weighted by Crippen LogP contribution is 2.26. The maximum atomic E-state index is 13.6. The molecule has 0 saturated carbocycles. The summed E-state index contributed by atoms with van der Waals surface area (Å²) in [6.07, 6.45) is 0. The van der Waals surface area contributed by atoms with E-state index in [2.05, 4.69) is 5.32 Å². The van der Waals surface area contributed by atoms with Gasteiger partial charge in [-0.25, -0.2) is 4.39 Å². The quantitative estimate of drug-likeness (QED) is 0.908. The Hall–Kier alpha value is -1.88. The van der Waals surface area contributed by atoms with Crippen molar-refractivity contribution in [3.05, 3.63) is 52.0 Å². The molecule has 1 amide bonds. The molecule has 2 N–H and O–H groups in total. The molecule has 0 atom stereocenters. The summed E-state index contributed by atoms with van der Waals surface area (Å²) in [5.41, 5.74) is -0.276. The predicted octanol–water partition coefficient (Wildman–Crippen LogP) is 3.30. The van der Waals surface area contributed by atoms with Crippen LogP contribution in [0.3, 0.4) is 0 Å². The Morgan fingerprint density at radius 3 is 2.75 bits per heavy atom. The summed E-state index contributed by atoms with van der Waals surface area (Å²) < 4.78 is 13.6. The van der Waals surface area contributed by atoms with Crippen LogP contribution in [0.25, 0.3) is 0 Å². The van der Waals surface area contributed by atoms with Gasteiger partial charge in [0.1, 0.15) is 11.6 Å². The second kappa shape index (κ2) is 5.63. The number of carbonyl (C=O) groups is 1. The van der Waals surface area contributed by atoms with Crippen molar-refractivity contribution >= 4 is 17.2 Å². The molecular formula is C15H16FNO2S. The van der Waals surface area contributed by atoms with E-state index in [-0.39, 0.29) is 16.7 Å². The number of hydrogen-bond acceptors (Lipinski definition) is 3. The highest BCUT2D eigenvalue weighted by molar-refractivity contribution is 7.10. The standard InChI is InChI=1S/C15H16FNO2S/c1-15(2,13-4-3-7-20-13)9-17-14(19)11-6-5-10(18)8-12(11)16/h3-8,18H,9H2,1-2H3,(H,17,19). The van der Waals surface area contributed by atoms with Crippen LogP contribution in [0.15, 0.2) is 35.7 Å². The minimum absolute atomic E-state index is 0.0650. The fourth-order valence-electron chi connectivity index (χ4n) is 1.84. The Morgan fingerprint density at radius 2 is 2.15 bits per heavy atom. The molecule has 5 heteroatoms. The smallest absolute Gasteiger partial charge is 0.254 e. The lowest BCUT2D eigenvalue weighted by Gasteiger charge is -2.23. The number of rotatable bonds is 4. The first-order chi connectivity index (χ1) is 9.40. The first-order valence-corrected chi connectivity index (χ1v) is 7.09. The minimum atomic E-state index is -0.726. The summed E-state index contributed by atoms with van der Waals surface area (Å²) in [6, 6.07) is 7.47. The average Bonchev–Trinajstić information content (AvgIpc) is 2.90. The van der Waals surface area contributed by atoms with Gasteiger partial charge >= 0.3 is 0 Å². The molecule has 0 aliphatic rings. The molecule has 0 fully saturated rings. The van der Waals surface area contributed by atoms with Crippen molar-refractivity contribution in [3.8, 4) is 5.75 Å². The van der Waals surface area contributed by atoms with Crippen molar-refractivity contribution < 1.29 is 14.3 Å². The Balaban J connectivity index is 2.05. The predicted molar refractivity (Wildman–Crippen MR) is 77.7 cm³/mol. The van der Waals surface area contributed by atoms with Crippen LogP contribution in [0.4, 0.5) is 4.39 Å². The van der Waals surface area contributed by atoms with Gasteiger partial charge in [-0.15, -0.1) is 11.3 Å². The molecule has 0 aliphatic carbocycles. The lowest BCUT2D eigenvalue weighted by Crippen LogP contribution is -2.36. The van der Waals surface area contributed by atoms with Crippen LogP contribution < -0.4 is 5.32 Å². The molecule has 106 valence electrons. The molecular weight excluding hydrogens is 277 g/mol. The summed E-state index contributed by atoms with van der Waals surface area (Å²) >= 11 is 1.62. The monoisotopic (exact) mass is 293 g/mol. The number of hydrogen-bond donors (Lipinski definition) is 2. The highest BCUT2D eigenvalue weighted by atomic mass is 32.1. The van der Waals surface area contributed by atoms with Crippen molar-refractivity contribution in [3.63, 3.8) is 0 Å². The molecule has 3 nitrogen and oxygen atoms in total. The van der Waals surface area contributed by atoms with Gasteiger partial charge in [-0.3, -0.25) is 4.79 Å². The van der Waals surface area contributed by atoms with E-state index in [1.165, 1.54) is 12.1 Å². The first kappa shape index (κ1) is 14.5. The van der Waals surface area contributed by atoms with E-state index in [1.54, 1.807) is 11.3 Å². The number of aromatic hydroxyl groups is 1. The SMILES string of the molecule is CC(C)(CNC(=O)c1ccc(O)cc1F)c1cccs1. The van der Waals surface area contributed by atoms with Gasteiger partial charge in [0.25, 0.3) is 5.91 Å². The summed E-state index contributed by atoms with van der Waals surface area (Å²) in [6.45, 7) is 4.45. The number of thiophene rings is 1. The van der Waals surface area contributed by atoms with Crippen molar-refractivity contribution in [2.75, 3.05) is 6.54 Å².